The summed E-state index contributed by atoms with van der Waals surface area (Å²) in [4.78, 5) is 18.8. The minimum absolute atomic E-state index is 0.150. The van der Waals surface area contributed by atoms with Crippen molar-refractivity contribution in [1.29, 1.82) is 0 Å². The maximum Gasteiger partial charge on any atom is 0.410 e. The summed E-state index contributed by atoms with van der Waals surface area (Å²) in [6.45, 7) is 14.4. The first-order chi connectivity index (χ1) is 11.7. The van der Waals surface area contributed by atoms with Crippen molar-refractivity contribution >= 4 is 12.1 Å². The monoisotopic (exact) mass is 354 g/mol. The Kier molecular flexibility index (Phi) is 6.54. The Morgan fingerprint density at radius 1 is 1.40 bits per heavy atom. The SMILES string of the molecule is CCNC(=NCC1(C)COC1)NC1CCCN(C(=O)OC(C)(C)C)C1. The van der Waals surface area contributed by atoms with Gasteiger partial charge in [-0.1, -0.05) is 6.92 Å². The number of rotatable bonds is 4. The Morgan fingerprint density at radius 2 is 2.12 bits per heavy atom. The van der Waals surface area contributed by atoms with Gasteiger partial charge in [-0.2, -0.15) is 0 Å². The molecule has 2 N–H and O–H groups in total. The summed E-state index contributed by atoms with van der Waals surface area (Å²) in [5.41, 5.74) is -0.314. The van der Waals surface area contributed by atoms with Crippen LogP contribution in [0.1, 0.15) is 47.5 Å². The number of ether oxygens (including phenoxy) is 2. The first kappa shape index (κ1) is 19.8. The summed E-state index contributed by atoms with van der Waals surface area (Å²) >= 11 is 0. The molecule has 0 aromatic rings. The van der Waals surface area contributed by atoms with Crippen LogP contribution in [0.15, 0.2) is 4.99 Å². The van der Waals surface area contributed by atoms with E-state index in [9.17, 15) is 4.79 Å². The van der Waals surface area contributed by atoms with E-state index in [-0.39, 0.29) is 17.6 Å². The first-order valence-corrected chi connectivity index (χ1v) is 9.31. The number of carbonyl (C=O) groups excluding carboxylic acids is 1. The molecule has 2 aliphatic rings. The van der Waals surface area contributed by atoms with Crippen LogP contribution >= 0.6 is 0 Å². The number of hydrogen-bond donors (Lipinski definition) is 2. The Morgan fingerprint density at radius 3 is 2.68 bits per heavy atom. The largest absolute Gasteiger partial charge is 0.444 e. The standard InChI is InChI=1S/C18H34N4O3/c1-6-19-15(20-11-18(5)12-24-13-18)21-14-8-7-9-22(10-14)16(23)25-17(2,3)4/h14H,6-13H2,1-5H3,(H2,19,20,21). The smallest absolute Gasteiger partial charge is 0.410 e. The zero-order valence-electron chi connectivity index (χ0n) is 16.4. The molecule has 1 unspecified atom stereocenters. The number of piperidine rings is 1. The van der Waals surface area contributed by atoms with E-state index in [0.29, 0.717) is 6.54 Å². The topological polar surface area (TPSA) is 75.2 Å². The number of hydrogen-bond acceptors (Lipinski definition) is 4. The molecule has 2 saturated heterocycles. The molecule has 144 valence electrons. The van der Waals surface area contributed by atoms with Crippen LogP contribution in [0.4, 0.5) is 4.79 Å². The van der Waals surface area contributed by atoms with Crippen LogP contribution in [-0.2, 0) is 9.47 Å². The molecule has 0 aliphatic carbocycles. The second kappa shape index (κ2) is 8.25. The number of amides is 1. The highest BCUT2D eigenvalue weighted by molar-refractivity contribution is 5.80. The fourth-order valence-electron chi connectivity index (χ4n) is 2.91. The predicted octanol–water partition coefficient (Wildman–Crippen LogP) is 1.98. The molecule has 25 heavy (non-hydrogen) atoms. The molecule has 2 aliphatic heterocycles. The average Bonchev–Trinajstić information content (AvgIpc) is 2.49. The summed E-state index contributed by atoms with van der Waals surface area (Å²) in [5, 5.41) is 6.77. The third-order valence-corrected chi connectivity index (χ3v) is 4.28. The van der Waals surface area contributed by atoms with Gasteiger partial charge in [0.15, 0.2) is 5.96 Å². The predicted molar refractivity (Wildman–Crippen MR) is 98.9 cm³/mol. The van der Waals surface area contributed by atoms with Gasteiger partial charge < -0.3 is 25.0 Å². The molecule has 7 heteroatoms. The summed E-state index contributed by atoms with van der Waals surface area (Å²) in [6.07, 6.45) is 1.74. The zero-order valence-corrected chi connectivity index (χ0v) is 16.4. The second-order valence-corrected chi connectivity index (χ2v) is 8.41. The molecule has 0 saturated carbocycles. The summed E-state index contributed by atoms with van der Waals surface area (Å²) in [6, 6.07) is 0.185. The number of guanidine groups is 1. The van der Waals surface area contributed by atoms with Crippen molar-refractivity contribution in [1.82, 2.24) is 15.5 Å². The van der Waals surface area contributed by atoms with E-state index < -0.39 is 5.60 Å². The lowest BCUT2D eigenvalue weighted by molar-refractivity contribution is -0.0945. The maximum absolute atomic E-state index is 12.3. The second-order valence-electron chi connectivity index (χ2n) is 8.41. The molecule has 2 rings (SSSR count). The first-order valence-electron chi connectivity index (χ1n) is 9.31. The fraction of sp³-hybridized carbons (Fsp3) is 0.889. The lowest BCUT2D eigenvalue weighted by Gasteiger charge is -2.37. The molecule has 0 aromatic heterocycles. The molecule has 0 spiro atoms. The molecule has 0 bridgehead atoms. The molecular formula is C18H34N4O3. The van der Waals surface area contributed by atoms with Crippen molar-refractivity contribution in [2.45, 2.75) is 59.1 Å². The van der Waals surface area contributed by atoms with Gasteiger partial charge in [-0.05, 0) is 40.5 Å². The van der Waals surface area contributed by atoms with Gasteiger partial charge in [0.2, 0.25) is 0 Å². The third-order valence-electron chi connectivity index (χ3n) is 4.28. The molecule has 7 nitrogen and oxygen atoms in total. The quantitative estimate of drug-likeness (QED) is 0.596. The molecule has 1 atom stereocenters. The van der Waals surface area contributed by atoms with Crippen LogP contribution in [0.25, 0.3) is 0 Å². The Balaban J connectivity index is 1.89. The Hall–Kier alpha value is -1.50. The van der Waals surface area contributed by atoms with E-state index in [0.717, 1.165) is 51.6 Å². The van der Waals surface area contributed by atoms with Gasteiger partial charge >= 0.3 is 6.09 Å². The summed E-state index contributed by atoms with van der Waals surface area (Å²) in [5.74, 6) is 0.812. The highest BCUT2D eigenvalue weighted by atomic mass is 16.6. The molecule has 1 amide bonds. The number of nitrogens with one attached hydrogen (secondary N) is 2. The van der Waals surface area contributed by atoms with Gasteiger partial charge in [-0.25, -0.2) is 4.79 Å². The number of likely N-dealkylation sites (tertiary alicyclic amines) is 1. The number of nitrogens with zero attached hydrogens (tertiary/aromatic N) is 2. The van der Waals surface area contributed by atoms with E-state index in [2.05, 4.69) is 24.5 Å². The Labute approximate surface area is 151 Å². The van der Waals surface area contributed by atoms with Gasteiger partial charge in [0, 0.05) is 31.1 Å². The van der Waals surface area contributed by atoms with Crippen molar-refractivity contribution in [2.75, 3.05) is 39.4 Å². The highest BCUT2D eigenvalue weighted by Crippen LogP contribution is 2.26. The van der Waals surface area contributed by atoms with E-state index in [1.54, 1.807) is 4.90 Å². The molecule has 2 heterocycles. The van der Waals surface area contributed by atoms with Crippen LogP contribution in [0.3, 0.4) is 0 Å². The summed E-state index contributed by atoms with van der Waals surface area (Å²) < 4.78 is 10.8. The molecule has 2 fully saturated rings. The van der Waals surface area contributed by atoms with Crippen LogP contribution in [-0.4, -0.2) is 68.0 Å². The minimum atomic E-state index is -0.464. The van der Waals surface area contributed by atoms with E-state index >= 15 is 0 Å². The van der Waals surface area contributed by atoms with Gasteiger partial charge in [0.25, 0.3) is 0 Å². The van der Waals surface area contributed by atoms with Crippen molar-refractivity contribution < 1.29 is 14.3 Å². The van der Waals surface area contributed by atoms with Gasteiger partial charge in [0.05, 0.1) is 19.8 Å². The lowest BCUT2D eigenvalue weighted by Crippen LogP contribution is -2.53. The zero-order chi connectivity index (χ0) is 18.5. The van der Waals surface area contributed by atoms with Crippen LogP contribution in [0.2, 0.25) is 0 Å². The van der Waals surface area contributed by atoms with E-state index in [4.69, 9.17) is 14.5 Å². The van der Waals surface area contributed by atoms with Crippen LogP contribution < -0.4 is 10.6 Å². The van der Waals surface area contributed by atoms with Gasteiger partial charge in [-0.15, -0.1) is 0 Å². The third kappa shape index (κ3) is 6.38. The van der Waals surface area contributed by atoms with Crippen LogP contribution in [0.5, 0.6) is 0 Å². The van der Waals surface area contributed by atoms with Crippen molar-refractivity contribution in [3.63, 3.8) is 0 Å². The minimum Gasteiger partial charge on any atom is -0.444 e. The lowest BCUT2D eigenvalue weighted by atomic mass is 9.89. The molecule has 0 aromatic carbocycles. The van der Waals surface area contributed by atoms with Crippen molar-refractivity contribution in [3.05, 3.63) is 0 Å². The fourth-order valence-corrected chi connectivity index (χ4v) is 2.91. The summed E-state index contributed by atoms with van der Waals surface area (Å²) in [7, 11) is 0. The number of carbonyl (C=O) groups is 1. The molecule has 0 radical (unpaired) electrons. The van der Waals surface area contributed by atoms with Gasteiger partial charge in [-0.3, -0.25) is 4.99 Å². The van der Waals surface area contributed by atoms with E-state index in [1.807, 2.05) is 20.8 Å². The normalized spacial score (nSPS) is 23.6. The van der Waals surface area contributed by atoms with Gasteiger partial charge in [0.1, 0.15) is 5.60 Å². The van der Waals surface area contributed by atoms with Crippen molar-refractivity contribution in [2.24, 2.45) is 10.4 Å². The average molecular weight is 354 g/mol. The number of aliphatic imine (C=N–C) groups is 1. The highest BCUT2D eigenvalue weighted by Gasteiger charge is 2.33. The van der Waals surface area contributed by atoms with Crippen molar-refractivity contribution in [3.8, 4) is 0 Å². The van der Waals surface area contributed by atoms with Crippen LogP contribution in [0, 0.1) is 5.41 Å². The maximum atomic E-state index is 12.3. The Bertz CT molecular complexity index is 483. The van der Waals surface area contributed by atoms with E-state index in [1.165, 1.54) is 0 Å². The molecular weight excluding hydrogens is 320 g/mol.